The van der Waals surface area contributed by atoms with E-state index in [0.29, 0.717) is 0 Å². The average molecular weight is 806 g/mol. The molecular formula is C60H43N3. The van der Waals surface area contributed by atoms with Gasteiger partial charge in [-0.3, -0.25) is 4.98 Å². The van der Waals surface area contributed by atoms with E-state index in [4.69, 9.17) is 9.97 Å². The number of benzene rings is 8. The lowest BCUT2D eigenvalue weighted by Gasteiger charge is -2.34. The summed E-state index contributed by atoms with van der Waals surface area (Å²) in [7, 11) is 0. The molecule has 0 unspecified atom stereocenters. The molecule has 298 valence electrons. The molecule has 0 N–H and O–H groups in total. The fraction of sp³-hybridized carbons (Fsp3) is 0.0500. The summed E-state index contributed by atoms with van der Waals surface area (Å²) in [6.45, 7) is 4.10. The van der Waals surface area contributed by atoms with Crippen molar-refractivity contribution in [1.29, 1.82) is 0 Å². The topological polar surface area (TPSA) is 38.7 Å². The van der Waals surface area contributed by atoms with E-state index in [1.807, 2.05) is 19.3 Å². The van der Waals surface area contributed by atoms with Gasteiger partial charge in [-0.2, -0.15) is 0 Å². The molecule has 0 amide bonds. The Labute approximate surface area is 369 Å². The van der Waals surface area contributed by atoms with E-state index in [1.165, 1.54) is 77.9 Å². The molecule has 1 aliphatic rings. The van der Waals surface area contributed by atoms with Gasteiger partial charge in [-0.25, -0.2) is 9.97 Å². The van der Waals surface area contributed by atoms with Crippen molar-refractivity contribution in [2.45, 2.75) is 19.3 Å². The maximum atomic E-state index is 5.06. The molecule has 0 bridgehead atoms. The zero-order valence-corrected chi connectivity index (χ0v) is 35.2. The Morgan fingerprint density at radius 2 is 0.778 bits per heavy atom. The first-order chi connectivity index (χ1) is 31.0. The molecule has 1 aliphatic carbocycles. The van der Waals surface area contributed by atoms with Gasteiger partial charge in [0.25, 0.3) is 0 Å². The number of rotatable bonds is 8. The molecule has 3 nitrogen and oxygen atoms in total. The molecule has 63 heavy (non-hydrogen) atoms. The normalized spacial score (nSPS) is 12.4. The summed E-state index contributed by atoms with van der Waals surface area (Å²) in [6.07, 6.45) is 3.79. The summed E-state index contributed by atoms with van der Waals surface area (Å²) in [4.78, 5) is 14.3. The number of aryl methyl sites for hydroxylation is 2. The molecular weight excluding hydrogens is 763 g/mol. The van der Waals surface area contributed by atoms with Crippen LogP contribution in [0, 0.1) is 13.8 Å². The molecule has 0 fully saturated rings. The summed E-state index contributed by atoms with van der Waals surface area (Å²) in [5, 5.41) is 0. The maximum Gasteiger partial charge on any atom is 0.126 e. The molecule has 0 saturated carbocycles. The number of nitrogens with zero attached hydrogens (tertiary/aromatic N) is 3. The highest BCUT2D eigenvalue weighted by atomic mass is 14.9. The summed E-state index contributed by atoms with van der Waals surface area (Å²) >= 11 is 0. The first-order valence-corrected chi connectivity index (χ1v) is 21.6. The minimum absolute atomic E-state index is 0.584. The first kappa shape index (κ1) is 38.0. The van der Waals surface area contributed by atoms with E-state index in [-0.39, 0.29) is 0 Å². The highest BCUT2D eigenvalue weighted by molar-refractivity contribution is 5.87. The molecule has 10 aromatic rings. The van der Waals surface area contributed by atoms with Crippen LogP contribution in [0.4, 0.5) is 0 Å². The minimum Gasteiger partial charge on any atom is -0.264 e. The fourth-order valence-corrected chi connectivity index (χ4v) is 9.74. The summed E-state index contributed by atoms with van der Waals surface area (Å²) in [5.74, 6) is 0.736. The lowest BCUT2D eigenvalue weighted by atomic mass is 9.67. The molecule has 0 spiro atoms. The van der Waals surface area contributed by atoms with Crippen LogP contribution < -0.4 is 0 Å². The molecule has 3 heteroatoms. The van der Waals surface area contributed by atoms with Gasteiger partial charge in [-0.1, -0.05) is 176 Å². The quantitative estimate of drug-likeness (QED) is 0.154. The van der Waals surface area contributed by atoms with Gasteiger partial charge in [0.1, 0.15) is 5.82 Å². The molecule has 0 saturated heterocycles. The number of hydrogen-bond donors (Lipinski definition) is 0. The van der Waals surface area contributed by atoms with Crippen molar-refractivity contribution in [3.8, 4) is 78.1 Å². The summed E-state index contributed by atoms with van der Waals surface area (Å²) < 4.78 is 0. The Morgan fingerprint density at radius 1 is 0.333 bits per heavy atom. The number of fused-ring (bicyclic) bond motifs is 3. The number of hydrogen-bond acceptors (Lipinski definition) is 3. The van der Waals surface area contributed by atoms with Crippen molar-refractivity contribution in [3.63, 3.8) is 0 Å². The number of pyridine rings is 1. The molecule has 11 rings (SSSR count). The standard InChI is InChI=1S/C60H43N3/c1-40-39-61-33-32-53(40)48-19-10-16-45(34-48)43-28-30-44(31-29-43)47-18-12-22-51(36-47)60(56-26-8-6-24-54(56)55-25-7-9-27-57(55)60)52-23-13-21-50(37-52)59-38-58(62-41(2)63-59)49-20-11-17-46(35-49)42-14-4-3-5-15-42/h3-39H,1-2H3. The predicted octanol–water partition coefficient (Wildman–Crippen LogP) is 14.9. The molecule has 2 aromatic heterocycles. The fourth-order valence-electron chi connectivity index (χ4n) is 9.74. The third-order valence-electron chi connectivity index (χ3n) is 12.7. The van der Waals surface area contributed by atoms with Gasteiger partial charge in [-0.15, -0.1) is 0 Å². The predicted molar refractivity (Wildman–Crippen MR) is 259 cm³/mol. The van der Waals surface area contributed by atoms with Crippen molar-refractivity contribution in [1.82, 2.24) is 15.0 Å². The van der Waals surface area contributed by atoms with Crippen LogP contribution in [0.5, 0.6) is 0 Å². The van der Waals surface area contributed by atoms with Gasteiger partial charge in [0, 0.05) is 23.5 Å². The van der Waals surface area contributed by atoms with E-state index in [2.05, 4.69) is 224 Å². The highest BCUT2D eigenvalue weighted by Gasteiger charge is 2.46. The zero-order chi connectivity index (χ0) is 42.3. The van der Waals surface area contributed by atoms with Gasteiger partial charge < -0.3 is 0 Å². The van der Waals surface area contributed by atoms with Crippen LogP contribution in [0.2, 0.25) is 0 Å². The van der Waals surface area contributed by atoms with E-state index >= 15 is 0 Å². The van der Waals surface area contributed by atoms with E-state index < -0.39 is 5.41 Å². The van der Waals surface area contributed by atoms with E-state index in [0.717, 1.165) is 33.9 Å². The molecule has 0 aliphatic heterocycles. The number of aromatic nitrogens is 3. The van der Waals surface area contributed by atoms with Crippen LogP contribution in [0.15, 0.2) is 225 Å². The lowest BCUT2D eigenvalue weighted by Crippen LogP contribution is -2.28. The largest absolute Gasteiger partial charge is 0.264 e. The van der Waals surface area contributed by atoms with Gasteiger partial charge in [0.2, 0.25) is 0 Å². The first-order valence-electron chi connectivity index (χ1n) is 21.6. The van der Waals surface area contributed by atoms with Gasteiger partial charge in [0.05, 0.1) is 16.8 Å². The minimum atomic E-state index is -0.584. The summed E-state index contributed by atoms with van der Waals surface area (Å²) in [6, 6.07) is 77.2. The van der Waals surface area contributed by atoms with Crippen molar-refractivity contribution in [2.75, 3.05) is 0 Å². The Balaban J connectivity index is 1.02. The van der Waals surface area contributed by atoms with Crippen LogP contribution in [-0.2, 0) is 5.41 Å². The molecule has 2 heterocycles. The van der Waals surface area contributed by atoms with E-state index in [9.17, 15) is 0 Å². The van der Waals surface area contributed by atoms with Crippen molar-refractivity contribution in [2.24, 2.45) is 0 Å². The summed E-state index contributed by atoms with van der Waals surface area (Å²) in [5.41, 5.74) is 21.4. The smallest absolute Gasteiger partial charge is 0.126 e. The Kier molecular flexibility index (Phi) is 9.51. The van der Waals surface area contributed by atoms with Crippen molar-refractivity contribution < 1.29 is 0 Å². The highest BCUT2D eigenvalue weighted by Crippen LogP contribution is 2.56. The lowest BCUT2D eigenvalue weighted by molar-refractivity contribution is 0.769. The van der Waals surface area contributed by atoms with Crippen LogP contribution >= 0.6 is 0 Å². The third kappa shape index (κ3) is 6.75. The van der Waals surface area contributed by atoms with Crippen LogP contribution in [-0.4, -0.2) is 15.0 Å². The van der Waals surface area contributed by atoms with Gasteiger partial charge >= 0.3 is 0 Å². The molecule has 0 radical (unpaired) electrons. The SMILES string of the molecule is Cc1nc(-c2cccc(-c3ccccc3)c2)cc(-c2cccc(C3(c4cccc(-c5ccc(-c6cccc(-c7ccncc7C)c6)cc5)c4)c4ccccc4-c4ccccc43)c2)n1. The van der Waals surface area contributed by atoms with Crippen molar-refractivity contribution >= 4 is 0 Å². The Bertz CT molecular complexity index is 3270. The van der Waals surface area contributed by atoms with Crippen LogP contribution in [0.3, 0.4) is 0 Å². The van der Waals surface area contributed by atoms with E-state index in [1.54, 1.807) is 0 Å². The second-order valence-electron chi connectivity index (χ2n) is 16.5. The van der Waals surface area contributed by atoms with Gasteiger partial charge in [0.15, 0.2) is 0 Å². The monoisotopic (exact) mass is 805 g/mol. The Hall–Kier alpha value is -8.01. The molecule has 8 aromatic carbocycles. The molecule has 0 atom stereocenters. The second-order valence-corrected chi connectivity index (χ2v) is 16.5. The third-order valence-corrected chi connectivity index (χ3v) is 12.7. The zero-order valence-electron chi connectivity index (χ0n) is 35.2. The maximum absolute atomic E-state index is 5.06. The van der Waals surface area contributed by atoms with Gasteiger partial charge in [-0.05, 0) is 134 Å². The van der Waals surface area contributed by atoms with Crippen molar-refractivity contribution in [3.05, 3.63) is 258 Å². The second kappa shape index (κ2) is 15.8. The average Bonchev–Trinajstić information content (AvgIpc) is 3.65. The van der Waals surface area contributed by atoms with Crippen LogP contribution in [0.1, 0.15) is 33.6 Å². The Morgan fingerprint density at radius 3 is 1.38 bits per heavy atom. The van der Waals surface area contributed by atoms with Crippen LogP contribution in [0.25, 0.3) is 78.1 Å².